The number of anilines is 1. The van der Waals surface area contributed by atoms with Crippen molar-refractivity contribution >= 4 is 26.4 Å². The maximum atomic E-state index is 13.3. The molecule has 2 aromatic carbocycles. The molecule has 1 fully saturated rings. The Balaban J connectivity index is 1.85. The maximum Gasteiger partial charge on any atom is 0.208 e. The predicted octanol–water partition coefficient (Wildman–Crippen LogP) is 2.73. The lowest BCUT2D eigenvalue weighted by Crippen LogP contribution is -2.43. The summed E-state index contributed by atoms with van der Waals surface area (Å²) in [6.45, 7) is 5.47. The van der Waals surface area contributed by atoms with Crippen molar-refractivity contribution in [3.63, 3.8) is 0 Å². The average molecular weight is 385 g/mol. The van der Waals surface area contributed by atoms with Crippen LogP contribution < -0.4 is 15.0 Å². The van der Waals surface area contributed by atoms with Crippen molar-refractivity contribution in [2.45, 2.75) is 16.7 Å². The lowest BCUT2D eigenvalue weighted by Gasteiger charge is -2.29. The first-order valence-corrected chi connectivity index (χ1v) is 10.5. The number of methoxy groups -OCH3 is 1. The van der Waals surface area contributed by atoms with Crippen LogP contribution in [0.15, 0.2) is 52.3 Å². The van der Waals surface area contributed by atoms with Gasteiger partial charge in [0.05, 0.1) is 28.1 Å². The number of piperazine rings is 1. The van der Waals surface area contributed by atoms with E-state index < -0.39 is 9.84 Å². The van der Waals surface area contributed by atoms with Crippen LogP contribution in [0.2, 0.25) is 0 Å². The standard InChI is InChI=1S/C20H23N3O3S/c1-14-20(27(24,25)16-8-6-15(26-2)7-9-16)17-4-3-5-18(19(17)22-14)23-12-10-21-11-13-23/h3-9,21-22H,10-13H2,1-2H3. The quantitative estimate of drug-likeness (QED) is 0.722. The summed E-state index contributed by atoms with van der Waals surface area (Å²) in [6, 6.07) is 12.4. The maximum absolute atomic E-state index is 13.3. The summed E-state index contributed by atoms with van der Waals surface area (Å²) < 4.78 is 31.8. The number of aryl methyl sites for hydroxylation is 1. The lowest BCUT2D eigenvalue weighted by atomic mass is 10.2. The Morgan fingerprint density at radius 1 is 1.04 bits per heavy atom. The molecule has 27 heavy (non-hydrogen) atoms. The lowest BCUT2D eigenvalue weighted by molar-refractivity contribution is 0.414. The second-order valence-electron chi connectivity index (χ2n) is 6.69. The second kappa shape index (κ2) is 6.90. The van der Waals surface area contributed by atoms with Gasteiger partial charge < -0.3 is 19.9 Å². The summed E-state index contributed by atoms with van der Waals surface area (Å²) in [4.78, 5) is 6.23. The van der Waals surface area contributed by atoms with Crippen LogP contribution in [-0.4, -0.2) is 46.7 Å². The Morgan fingerprint density at radius 2 is 1.74 bits per heavy atom. The number of para-hydroxylation sites is 1. The topological polar surface area (TPSA) is 74.4 Å². The van der Waals surface area contributed by atoms with Crippen LogP contribution >= 0.6 is 0 Å². The van der Waals surface area contributed by atoms with Gasteiger partial charge in [0.2, 0.25) is 9.84 Å². The first-order valence-electron chi connectivity index (χ1n) is 8.98. The Morgan fingerprint density at radius 3 is 2.41 bits per heavy atom. The number of hydrogen-bond donors (Lipinski definition) is 2. The highest BCUT2D eigenvalue weighted by Gasteiger charge is 2.26. The molecule has 0 aliphatic carbocycles. The summed E-state index contributed by atoms with van der Waals surface area (Å²) in [5, 5.41) is 4.08. The molecule has 0 bridgehead atoms. The highest BCUT2D eigenvalue weighted by atomic mass is 32.2. The number of fused-ring (bicyclic) bond motifs is 1. The minimum Gasteiger partial charge on any atom is -0.497 e. The van der Waals surface area contributed by atoms with Gasteiger partial charge in [-0.15, -0.1) is 0 Å². The van der Waals surface area contributed by atoms with Gasteiger partial charge in [-0.3, -0.25) is 0 Å². The largest absolute Gasteiger partial charge is 0.497 e. The second-order valence-corrected chi connectivity index (χ2v) is 8.58. The summed E-state index contributed by atoms with van der Waals surface area (Å²) >= 11 is 0. The number of hydrogen-bond acceptors (Lipinski definition) is 5. The van der Waals surface area contributed by atoms with E-state index in [2.05, 4.69) is 15.2 Å². The van der Waals surface area contributed by atoms with E-state index in [4.69, 9.17) is 4.74 Å². The van der Waals surface area contributed by atoms with Crippen LogP contribution in [-0.2, 0) is 9.84 Å². The molecule has 0 radical (unpaired) electrons. The molecule has 7 heteroatoms. The molecule has 4 rings (SSSR count). The molecular weight excluding hydrogens is 362 g/mol. The monoisotopic (exact) mass is 385 g/mol. The molecule has 1 saturated heterocycles. The smallest absolute Gasteiger partial charge is 0.208 e. The fraction of sp³-hybridized carbons (Fsp3) is 0.300. The Hall–Kier alpha value is -2.51. The fourth-order valence-corrected chi connectivity index (χ4v) is 5.34. The number of benzene rings is 2. The van der Waals surface area contributed by atoms with Crippen molar-refractivity contribution in [1.82, 2.24) is 10.3 Å². The number of ether oxygens (including phenoxy) is 1. The number of nitrogens with one attached hydrogen (secondary N) is 2. The molecule has 1 aliphatic heterocycles. The van der Waals surface area contributed by atoms with Crippen molar-refractivity contribution in [2.24, 2.45) is 0 Å². The summed E-state index contributed by atoms with van der Waals surface area (Å²) in [5.41, 5.74) is 2.58. The molecule has 6 nitrogen and oxygen atoms in total. The molecule has 0 unspecified atom stereocenters. The van der Waals surface area contributed by atoms with Crippen LogP contribution in [0.5, 0.6) is 5.75 Å². The molecule has 1 aliphatic rings. The molecule has 0 spiro atoms. The molecule has 2 N–H and O–H groups in total. The molecule has 3 aromatic rings. The zero-order chi connectivity index (χ0) is 19.0. The highest BCUT2D eigenvalue weighted by molar-refractivity contribution is 7.91. The van der Waals surface area contributed by atoms with Crippen molar-refractivity contribution in [1.29, 1.82) is 0 Å². The van der Waals surface area contributed by atoms with Gasteiger partial charge in [-0.25, -0.2) is 8.42 Å². The normalized spacial score (nSPS) is 15.3. The van der Waals surface area contributed by atoms with Gasteiger partial charge >= 0.3 is 0 Å². The predicted molar refractivity (Wildman–Crippen MR) is 107 cm³/mol. The molecule has 142 valence electrons. The van der Waals surface area contributed by atoms with Crippen molar-refractivity contribution in [3.8, 4) is 5.75 Å². The summed E-state index contributed by atoms with van der Waals surface area (Å²) in [5.74, 6) is 0.630. The van der Waals surface area contributed by atoms with E-state index in [0.717, 1.165) is 42.8 Å². The number of nitrogens with zero attached hydrogens (tertiary/aromatic N) is 1. The van der Waals surface area contributed by atoms with Crippen LogP contribution in [0, 0.1) is 6.92 Å². The fourth-order valence-electron chi connectivity index (χ4n) is 3.70. The Kier molecular flexibility index (Phi) is 4.57. The van der Waals surface area contributed by atoms with Gasteiger partial charge in [0, 0.05) is 37.3 Å². The molecule has 0 amide bonds. The number of H-pyrrole nitrogens is 1. The number of rotatable bonds is 4. The number of aromatic nitrogens is 1. The molecule has 2 heterocycles. The molecule has 0 atom stereocenters. The van der Waals surface area contributed by atoms with Gasteiger partial charge in [0.15, 0.2) is 0 Å². The third-order valence-corrected chi connectivity index (χ3v) is 6.99. The van der Waals surface area contributed by atoms with E-state index in [1.165, 1.54) is 0 Å². The minimum atomic E-state index is -3.64. The van der Waals surface area contributed by atoms with Gasteiger partial charge in [0.25, 0.3) is 0 Å². The van der Waals surface area contributed by atoms with Gasteiger partial charge in [-0.1, -0.05) is 12.1 Å². The van der Waals surface area contributed by atoms with Crippen molar-refractivity contribution in [3.05, 3.63) is 48.2 Å². The number of aromatic amines is 1. The Bertz CT molecular complexity index is 1070. The van der Waals surface area contributed by atoms with E-state index in [-0.39, 0.29) is 4.90 Å². The highest BCUT2D eigenvalue weighted by Crippen LogP contribution is 2.36. The van der Waals surface area contributed by atoms with Crippen molar-refractivity contribution in [2.75, 3.05) is 38.2 Å². The molecule has 1 aromatic heterocycles. The van der Waals surface area contributed by atoms with E-state index >= 15 is 0 Å². The van der Waals surface area contributed by atoms with E-state index in [9.17, 15) is 8.42 Å². The number of sulfone groups is 1. The van der Waals surface area contributed by atoms with Crippen LogP contribution in [0.1, 0.15) is 5.69 Å². The van der Waals surface area contributed by atoms with Crippen molar-refractivity contribution < 1.29 is 13.2 Å². The first kappa shape index (κ1) is 17.9. The van der Waals surface area contributed by atoms with Gasteiger partial charge in [-0.2, -0.15) is 0 Å². The first-order chi connectivity index (χ1) is 13.0. The van der Waals surface area contributed by atoms with Gasteiger partial charge in [0.1, 0.15) is 5.75 Å². The van der Waals surface area contributed by atoms with Crippen LogP contribution in [0.25, 0.3) is 10.9 Å². The average Bonchev–Trinajstić information content (AvgIpc) is 3.05. The zero-order valence-corrected chi connectivity index (χ0v) is 16.3. The van der Waals surface area contributed by atoms with E-state index in [1.807, 2.05) is 25.1 Å². The third-order valence-electron chi connectivity index (χ3n) is 5.04. The van der Waals surface area contributed by atoms with Crippen LogP contribution in [0.3, 0.4) is 0 Å². The van der Waals surface area contributed by atoms with Gasteiger partial charge in [-0.05, 0) is 37.3 Å². The Labute approximate surface area is 159 Å². The summed E-state index contributed by atoms with van der Waals surface area (Å²) in [6.07, 6.45) is 0. The van der Waals surface area contributed by atoms with E-state index in [1.54, 1.807) is 31.4 Å². The van der Waals surface area contributed by atoms with Crippen LogP contribution in [0.4, 0.5) is 5.69 Å². The minimum absolute atomic E-state index is 0.264. The molecule has 0 saturated carbocycles. The third kappa shape index (κ3) is 3.07. The molecular formula is C20H23N3O3S. The summed E-state index contributed by atoms with van der Waals surface area (Å²) in [7, 11) is -2.08. The SMILES string of the molecule is COc1ccc(S(=O)(=O)c2c(C)[nH]c3c(N4CCNCC4)cccc23)cc1. The van der Waals surface area contributed by atoms with E-state index in [0.29, 0.717) is 16.3 Å². The zero-order valence-electron chi connectivity index (χ0n) is 15.5.